The molecule has 2 aromatic carbocycles. The number of piperidine rings is 2. The van der Waals surface area contributed by atoms with Gasteiger partial charge in [-0.3, -0.25) is 4.79 Å². The highest BCUT2D eigenvalue weighted by Gasteiger charge is 2.31. The third kappa shape index (κ3) is 5.14. The van der Waals surface area contributed by atoms with Gasteiger partial charge in [-0.1, -0.05) is 54.6 Å². The van der Waals surface area contributed by atoms with E-state index < -0.39 is 0 Å². The zero-order valence-electron chi connectivity index (χ0n) is 20.1. The van der Waals surface area contributed by atoms with Crippen LogP contribution in [0.25, 0.3) is 11.3 Å². The minimum Gasteiger partial charge on any atom is -0.355 e. The molecule has 2 aliphatic rings. The maximum atomic E-state index is 13.2. The molecule has 5 rings (SSSR count). The molecule has 2 aliphatic heterocycles. The predicted octanol–water partition coefficient (Wildman–Crippen LogP) is 5.15. The first-order valence-electron chi connectivity index (χ1n) is 12.6. The highest BCUT2D eigenvalue weighted by Crippen LogP contribution is 2.28. The second kappa shape index (κ2) is 10.4. The van der Waals surface area contributed by atoms with Crippen LogP contribution in [-0.2, 0) is 11.2 Å². The van der Waals surface area contributed by atoms with Crippen LogP contribution in [0.15, 0.2) is 66.7 Å². The van der Waals surface area contributed by atoms with Crippen molar-refractivity contribution in [1.29, 1.82) is 0 Å². The van der Waals surface area contributed by atoms with Crippen LogP contribution in [0.5, 0.6) is 0 Å². The maximum absolute atomic E-state index is 13.2. The Hall–Kier alpha value is -3.21. The number of hydrogen-bond acceptors (Lipinski definition) is 4. The maximum Gasteiger partial charge on any atom is 0.225 e. The number of carbonyl (C=O) groups excluding carboxylic acids is 1. The number of aryl methyl sites for hydroxylation is 1. The van der Waals surface area contributed by atoms with E-state index in [0.717, 1.165) is 75.4 Å². The lowest BCUT2D eigenvalue weighted by atomic mass is 9.88. The van der Waals surface area contributed by atoms with Crippen molar-refractivity contribution in [2.45, 2.75) is 39.0 Å². The number of likely N-dealkylation sites (tertiary alicyclic amines) is 1. The molecule has 0 saturated carbocycles. The molecule has 0 radical (unpaired) electrons. The van der Waals surface area contributed by atoms with Crippen LogP contribution in [0.3, 0.4) is 0 Å². The summed E-state index contributed by atoms with van der Waals surface area (Å²) in [6, 6.07) is 23.1. The number of benzene rings is 2. The van der Waals surface area contributed by atoms with E-state index in [0.29, 0.717) is 11.8 Å². The minimum atomic E-state index is 0.140. The van der Waals surface area contributed by atoms with Gasteiger partial charge in [0.1, 0.15) is 0 Å². The lowest BCUT2D eigenvalue weighted by Gasteiger charge is -2.37. The molecule has 3 aromatic rings. The lowest BCUT2D eigenvalue weighted by Crippen LogP contribution is -2.45. The van der Waals surface area contributed by atoms with E-state index in [2.05, 4.69) is 81.5 Å². The highest BCUT2D eigenvalue weighted by molar-refractivity contribution is 5.79. The van der Waals surface area contributed by atoms with Gasteiger partial charge in [-0.2, -0.15) is 0 Å². The van der Waals surface area contributed by atoms with Crippen LogP contribution in [0.4, 0.5) is 5.82 Å². The van der Waals surface area contributed by atoms with Gasteiger partial charge in [0.2, 0.25) is 5.91 Å². The van der Waals surface area contributed by atoms with Crippen molar-refractivity contribution in [3.63, 3.8) is 0 Å². The summed E-state index contributed by atoms with van der Waals surface area (Å²) < 4.78 is 0. The SMILES string of the molecule is Cc1ccccc1-c1ccc(N2CCC(C(=O)N3CCC(Cc4ccccc4)CC3)CC2)nn1. The first-order chi connectivity index (χ1) is 16.7. The van der Waals surface area contributed by atoms with Gasteiger partial charge >= 0.3 is 0 Å². The number of aromatic nitrogens is 2. The summed E-state index contributed by atoms with van der Waals surface area (Å²) in [6.45, 7) is 5.63. The lowest BCUT2D eigenvalue weighted by molar-refractivity contribution is -0.137. The average molecular weight is 455 g/mol. The summed E-state index contributed by atoms with van der Waals surface area (Å²) in [5.74, 6) is 2.10. The van der Waals surface area contributed by atoms with E-state index in [1.54, 1.807) is 0 Å². The van der Waals surface area contributed by atoms with Crippen molar-refractivity contribution >= 4 is 11.7 Å². The van der Waals surface area contributed by atoms with Crippen LogP contribution >= 0.6 is 0 Å². The first-order valence-corrected chi connectivity index (χ1v) is 12.6. The molecule has 0 N–H and O–H groups in total. The number of anilines is 1. The molecule has 0 atom stereocenters. The average Bonchev–Trinajstić information content (AvgIpc) is 2.90. The van der Waals surface area contributed by atoms with Gasteiger partial charge in [0.05, 0.1) is 5.69 Å². The van der Waals surface area contributed by atoms with E-state index in [4.69, 9.17) is 0 Å². The fourth-order valence-electron chi connectivity index (χ4n) is 5.42. The molecule has 1 amide bonds. The molecule has 34 heavy (non-hydrogen) atoms. The molecular weight excluding hydrogens is 420 g/mol. The Morgan fingerprint density at radius 3 is 2.21 bits per heavy atom. The number of nitrogens with zero attached hydrogens (tertiary/aromatic N) is 4. The van der Waals surface area contributed by atoms with Gasteiger partial charge in [-0.15, -0.1) is 10.2 Å². The van der Waals surface area contributed by atoms with Crippen molar-refractivity contribution in [2.24, 2.45) is 11.8 Å². The van der Waals surface area contributed by atoms with Gasteiger partial charge in [-0.05, 0) is 68.2 Å². The Morgan fingerprint density at radius 1 is 0.824 bits per heavy atom. The number of carbonyl (C=O) groups is 1. The fourth-order valence-corrected chi connectivity index (χ4v) is 5.42. The third-order valence-electron chi connectivity index (χ3n) is 7.53. The van der Waals surface area contributed by atoms with Crippen molar-refractivity contribution in [3.8, 4) is 11.3 Å². The third-order valence-corrected chi connectivity index (χ3v) is 7.53. The van der Waals surface area contributed by atoms with Crippen molar-refractivity contribution in [3.05, 3.63) is 77.9 Å². The molecule has 5 nitrogen and oxygen atoms in total. The second-order valence-corrected chi connectivity index (χ2v) is 9.81. The summed E-state index contributed by atoms with van der Waals surface area (Å²) in [5.41, 5.74) is 4.64. The summed E-state index contributed by atoms with van der Waals surface area (Å²) in [6.07, 6.45) is 5.14. The van der Waals surface area contributed by atoms with Gasteiger partial charge in [0.25, 0.3) is 0 Å². The molecule has 0 spiro atoms. The largest absolute Gasteiger partial charge is 0.355 e. The van der Waals surface area contributed by atoms with E-state index in [9.17, 15) is 4.79 Å². The topological polar surface area (TPSA) is 49.3 Å². The number of hydrogen-bond donors (Lipinski definition) is 0. The number of rotatable bonds is 5. The van der Waals surface area contributed by atoms with Gasteiger partial charge < -0.3 is 9.80 Å². The monoisotopic (exact) mass is 454 g/mol. The second-order valence-electron chi connectivity index (χ2n) is 9.81. The van der Waals surface area contributed by atoms with E-state index in [-0.39, 0.29) is 5.92 Å². The molecule has 2 saturated heterocycles. The van der Waals surface area contributed by atoms with Crippen molar-refractivity contribution in [1.82, 2.24) is 15.1 Å². The van der Waals surface area contributed by atoms with Crippen LogP contribution in [0.1, 0.15) is 36.8 Å². The minimum absolute atomic E-state index is 0.140. The van der Waals surface area contributed by atoms with E-state index in [1.165, 1.54) is 11.1 Å². The molecule has 5 heteroatoms. The molecule has 1 aromatic heterocycles. The van der Waals surface area contributed by atoms with Crippen LogP contribution in [0.2, 0.25) is 0 Å². The van der Waals surface area contributed by atoms with Crippen molar-refractivity contribution in [2.75, 3.05) is 31.1 Å². The number of amides is 1. The standard InChI is InChI=1S/C29H34N4O/c1-22-7-5-6-10-26(22)27-11-12-28(31-30-27)32-19-15-25(16-20-32)29(34)33-17-13-24(14-18-33)21-23-8-3-2-4-9-23/h2-12,24-25H,13-21H2,1H3. The van der Waals surface area contributed by atoms with E-state index >= 15 is 0 Å². The molecule has 3 heterocycles. The Morgan fingerprint density at radius 2 is 1.53 bits per heavy atom. The molecule has 176 valence electrons. The fraction of sp³-hybridized carbons (Fsp3) is 0.414. The van der Waals surface area contributed by atoms with Crippen LogP contribution in [0, 0.1) is 18.8 Å². The van der Waals surface area contributed by atoms with Crippen LogP contribution in [-0.4, -0.2) is 47.2 Å². The van der Waals surface area contributed by atoms with Gasteiger partial charge in [0, 0.05) is 37.7 Å². The van der Waals surface area contributed by atoms with Gasteiger partial charge in [-0.25, -0.2) is 0 Å². The Labute approximate surface area is 202 Å². The molecule has 0 unspecified atom stereocenters. The zero-order chi connectivity index (χ0) is 23.3. The Balaban J connectivity index is 1.11. The molecule has 0 bridgehead atoms. The summed E-state index contributed by atoms with van der Waals surface area (Å²) in [7, 11) is 0. The highest BCUT2D eigenvalue weighted by atomic mass is 16.2. The normalized spacial score (nSPS) is 17.7. The summed E-state index contributed by atoms with van der Waals surface area (Å²) >= 11 is 0. The first kappa shape index (κ1) is 22.6. The summed E-state index contributed by atoms with van der Waals surface area (Å²) in [4.78, 5) is 17.6. The quantitative estimate of drug-likeness (QED) is 0.535. The van der Waals surface area contributed by atoms with Gasteiger partial charge in [0.15, 0.2) is 5.82 Å². The molecular formula is C29H34N4O. The Kier molecular flexibility index (Phi) is 6.89. The molecule has 2 fully saturated rings. The zero-order valence-corrected chi connectivity index (χ0v) is 20.1. The van der Waals surface area contributed by atoms with E-state index in [1.807, 2.05) is 12.1 Å². The summed E-state index contributed by atoms with van der Waals surface area (Å²) in [5, 5.41) is 8.99. The van der Waals surface area contributed by atoms with Crippen molar-refractivity contribution < 1.29 is 4.79 Å². The predicted molar refractivity (Wildman–Crippen MR) is 137 cm³/mol. The van der Waals surface area contributed by atoms with Crippen LogP contribution < -0.4 is 4.90 Å². The molecule has 0 aliphatic carbocycles. The smallest absolute Gasteiger partial charge is 0.225 e. The Bertz CT molecular complexity index is 1080.